The number of Topliss-reactive ketones (excluding diaryl/α,β-unsaturated/α-hetero) is 1. The molecule has 13 atom stereocenters. The Kier molecular flexibility index (Phi) is 16.5. The molecule has 0 radical (unpaired) electrons. The van der Waals surface area contributed by atoms with Gasteiger partial charge in [-0.1, -0.05) is 32.9 Å². The van der Waals surface area contributed by atoms with Crippen LogP contribution < -0.4 is 5.43 Å². The molecule has 1 N–H and O–H groups in total. The number of hydrogen-bond acceptors (Lipinski definition) is 16. The summed E-state index contributed by atoms with van der Waals surface area (Å²) in [5, 5.41) is 6.06. The van der Waals surface area contributed by atoms with Crippen LogP contribution in [0.3, 0.4) is 0 Å². The predicted octanol–water partition coefficient (Wildman–Crippen LogP) is 5.05. The average molecular weight is 884 g/mol. The summed E-state index contributed by atoms with van der Waals surface area (Å²) < 4.78 is 39.9. The number of fused-ring (bicyclic) bond motifs is 1. The van der Waals surface area contributed by atoms with Gasteiger partial charge in [-0.2, -0.15) is 0 Å². The van der Waals surface area contributed by atoms with Crippen molar-refractivity contribution in [3.8, 4) is 11.3 Å². The fourth-order valence-corrected chi connectivity index (χ4v) is 9.73. The van der Waals surface area contributed by atoms with Crippen LogP contribution in [0.1, 0.15) is 88.0 Å². The van der Waals surface area contributed by atoms with Gasteiger partial charge in [-0.15, -0.1) is 0 Å². The molecule has 0 aliphatic carbocycles. The SMILES string of the molecule is CC[C@H]1OC(=O)[C@H](C)C(=O)[C@H](C)[C@@H](O[C@@H]2O[C@H](C)C[C@H](N(C)C)[C@H]2OC(C)=O)[C@](C)(OC)C[C@@H](C)/C(=N/OC)[C@H](C)[C@@H]2N(NCCCn3cnc(-c4cccnc4)c3)C(=O)O[C@@]21C. The third-order valence-electron chi connectivity index (χ3n) is 13.0. The zero-order chi connectivity index (χ0) is 46.4. The zero-order valence-electron chi connectivity index (χ0n) is 39.2. The number of carbonyl (C=O) groups is 4. The highest BCUT2D eigenvalue weighted by Crippen LogP contribution is 2.43. The van der Waals surface area contributed by atoms with Gasteiger partial charge in [0, 0.05) is 69.0 Å². The van der Waals surface area contributed by atoms with E-state index in [4.69, 9.17) is 33.3 Å². The number of nitrogens with zero attached hydrogens (tertiary/aromatic N) is 6. The fourth-order valence-electron chi connectivity index (χ4n) is 9.73. The van der Waals surface area contributed by atoms with Crippen LogP contribution in [0, 0.1) is 23.7 Å². The molecule has 3 fully saturated rings. The van der Waals surface area contributed by atoms with Crippen molar-refractivity contribution in [1.29, 1.82) is 0 Å². The lowest BCUT2D eigenvalue weighted by atomic mass is 9.73. The predicted molar refractivity (Wildman–Crippen MR) is 232 cm³/mol. The summed E-state index contributed by atoms with van der Waals surface area (Å²) in [6.07, 6.45) is 4.01. The van der Waals surface area contributed by atoms with Crippen LogP contribution in [0.2, 0.25) is 0 Å². The number of ketones is 1. The highest BCUT2D eigenvalue weighted by molar-refractivity contribution is 6.00. The number of aromatic nitrogens is 3. The number of rotatable bonds is 13. The maximum Gasteiger partial charge on any atom is 0.425 e. The van der Waals surface area contributed by atoms with E-state index in [-0.39, 0.29) is 25.0 Å². The lowest BCUT2D eigenvalue weighted by molar-refractivity contribution is -0.297. The number of carbonyl (C=O) groups excluding carboxylic acids is 4. The molecule has 3 aliphatic rings. The average Bonchev–Trinajstić information content (AvgIpc) is 3.82. The quantitative estimate of drug-likeness (QED) is 0.0923. The summed E-state index contributed by atoms with van der Waals surface area (Å²) in [5.74, 6) is -4.91. The summed E-state index contributed by atoms with van der Waals surface area (Å²) in [7, 11) is 6.78. The van der Waals surface area contributed by atoms with Crippen LogP contribution in [0.15, 0.2) is 42.2 Å². The number of ether oxygens (including phenoxy) is 6. The maximum atomic E-state index is 14.6. The van der Waals surface area contributed by atoms with Crippen LogP contribution in [0.5, 0.6) is 0 Å². The van der Waals surface area contributed by atoms with E-state index in [1.54, 1.807) is 32.6 Å². The van der Waals surface area contributed by atoms with E-state index in [1.165, 1.54) is 33.1 Å². The number of likely N-dealkylation sites (N-methyl/N-ethyl adjacent to an activating group) is 1. The Hall–Kier alpha value is -4.49. The first-order valence-corrected chi connectivity index (χ1v) is 22.0. The molecular weight excluding hydrogens is 815 g/mol. The molecule has 5 heterocycles. The number of nitrogens with one attached hydrogen (secondary N) is 1. The molecule has 0 spiro atoms. The van der Waals surface area contributed by atoms with Crippen molar-refractivity contribution < 1.29 is 52.4 Å². The van der Waals surface area contributed by atoms with Gasteiger partial charge < -0.3 is 42.7 Å². The van der Waals surface area contributed by atoms with Crippen LogP contribution in [-0.4, -0.2) is 143 Å². The first-order chi connectivity index (χ1) is 29.8. The second-order valence-corrected chi connectivity index (χ2v) is 17.9. The summed E-state index contributed by atoms with van der Waals surface area (Å²) in [6.45, 7) is 16.8. The zero-order valence-corrected chi connectivity index (χ0v) is 39.2. The molecule has 5 rings (SSSR count). The summed E-state index contributed by atoms with van der Waals surface area (Å²) in [4.78, 5) is 71.5. The number of oxime groups is 1. The van der Waals surface area contributed by atoms with Crippen molar-refractivity contribution in [3.05, 3.63) is 37.1 Å². The number of aryl methyl sites for hydroxylation is 1. The van der Waals surface area contributed by atoms with Crippen LogP contribution in [0.4, 0.5) is 4.79 Å². The minimum Gasteiger partial charge on any atom is -0.458 e. The minimum atomic E-state index is -1.40. The largest absolute Gasteiger partial charge is 0.458 e. The third-order valence-corrected chi connectivity index (χ3v) is 13.0. The maximum absolute atomic E-state index is 14.6. The van der Waals surface area contributed by atoms with E-state index in [0.29, 0.717) is 31.6 Å². The van der Waals surface area contributed by atoms with Gasteiger partial charge in [-0.05, 0) is 79.6 Å². The summed E-state index contributed by atoms with van der Waals surface area (Å²) in [6, 6.07) is 2.77. The van der Waals surface area contributed by atoms with Gasteiger partial charge in [0.25, 0.3) is 0 Å². The lowest BCUT2D eigenvalue weighted by Gasteiger charge is -2.48. The van der Waals surface area contributed by atoms with E-state index in [9.17, 15) is 19.2 Å². The van der Waals surface area contributed by atoms with Crippen molar-refractivity contribution in [2.75, 3.05) is 34.9 Å². The van der Waals surface area contributed by atoms with E-state index in [1.807, 2.05) is 76.5 Å². The van der Waals surface area contributed by atoms with Gasteiger partial charge in [0.05, 0.1) is 41.6 Å². The monoisotopic (exact) mass is 884 g/mol. The Morgan fingerprint density at radius 3 is 2.44 bits per heavy atom. The molecule has 350 valence electrons. The van der Waals surface area contributed by atoms with Crippen molar-refractivity contribution >= 4 is 29.5 Å². The van der Waals surface area contributed by atoms with E-state index in [2.05, 4.69) is 20.5 Å². The minimum absolute atomic E-state index is 0.240. The van der Waals surface area contributed by atoms with E-state index < -0.39 is 89.3 Å². The number of amides is 1. The molecule has 18 heteroatoms. The van der Waals surface area contributed by atoms with Gasteiger partial charge in [0.15, 0.2) is 23.8 Å². The molecule has 0 bridgehead atoms. The van der Waals surface area contributed by atoms with E-state index in [0.717, 1.165) is 11.3 Å². The number of pyridine rings is 1. The number of cyclic esters (lactones) is 1. The van der Waals surface area contributed by atoms with Crippen LogP contribution >= 0.6 is 0 Å². The number of methoxy groups -OCH3 is 1. The molecule has 0 aromatic carbocycles. The number of hydrogen-bond donors (Lipinski definition) is 1. The Labute approximate surface area is 371 Å². The standard InChI is InChI=1S/C45H69N7O11/c1-14-35-45(9)39(52(43(56)63-45)48-19-16-20-51-24-33(47-25-51)32-17-15-18-46-23-32)28(4)36(49-58-13)26(2)22-44(8,57-12)40(29(5)37(54)30(6)41(55)61-35)62-42-38(60-31(7)53)34(50(10)11)21-27(3)59-42/h15,17-18,23-30,34-35,38-40,42,48H,14,16,19-22H2,1-13H3/b49-36-/t26-,27-,28+,29+,30-,34+,35-,38-,39+,40-,42+,44-,45-/m1/s1. The van der Waals surface area contributed by atoms with Crippen molar-refractivity contribution in [3.63, 3.8) is 0 Å². The molecule has 3 saturated heterocycles. The molecule has 18 nitrogen and oxygen atoms in total. The normalized spacial score (nSPS) is 35.2. The summed E-state index contributed by atoms with van der Waals surface area (Å²) in [5.41, 5.74) is 2.96. The van der Waals surface area contributed by atoms with Gasteiger partial charge >= 0.3 is 18.0 Å². The van der Waals surface area contributed by atoms with Gasteiger partial charge in [-0.25, -0.2) is 20.2 Å². The van der Waals surface area contributed by atoms with Crippen molar-refractivity contribution in [1.82, 2.24) is 29.9 Å². The van der Waals surface area contributed by atoms with Crippen LogP contribution in [0.25, 0.3) is 11.3 Å². The molecule has 63 heavy (non-hydrogen) atoms. The molecule has 0 unspecified atom stereocenters. The van der Waals surface area contributed by atoms with Crippen molar-refractivity contribution in [2.24, 2.45) is 28.8 Å². The molecule has 0 saturated carbocycles. The number of hydrazine groups is 1. The van der Waals surface area contributed by atoms with Crippen molar-refractivity contribution in [2.45, 2.75) is 149 Å². The first kappa shape index (κ1) is 49.5. The smallest absolute Gasteiger partial charge is 0.425 e. The molecule has 2 aromatic heterocycles. The van der Waals surface area contributed by atoms with Gasteiger partial charge in [-0.3, -0.25) is 19.4 Å². The van der Waals surface area contributed by atoms with Crippen LogP contribution in [-0.2, 0) is 54.2 Å². The summed E-state index contributed by atoms with van der Waals surface area (Å²) >= 11 is 0. The topological polar surface area (TPSA) is 194 Å². The molecule has 3 aliphatic heterocycles. The van der Waals surface area contributed by atoms with E-state index >= 15 is 0 Å². The first-order valence-electron chi connectivity index (χ1n) is 22.0. The Morgan fingerprint density at radius 2 is 1.83 bits per heavy atom. The Balaban J connectivity index is 1.50. The second kappa shape index (κ2) is 21.0. The molecular formula is C45H69N7O11. The number of imidazole rings is 1. The Bertz CT molecular complexity index is 1910. The molecule has 2 aromatic rings. The number of esters is 2. The third kappa shape index (κ3) is 10.9. The van der Waals surface area contributed by atoms with Gasteiger partial charge in [0.1, 0.15) is 25.2 Å². The highest BCUT2D eigenvalue weighted by Gasteiger charge is 2.60. The Morgan fingerprint density at radius 1 is 1.10 bits per heavy atom. The molecule has 1 amide bonds. The van der Waals surface area contributed by atoms with Gasteiger partial charge in [0.2, 0.25) is 0 Å². The fraction of sp³-hybridized carbons (Fsp3) is 0.711. The second-order valence-electron chi connectivity index (χ2n) is 17.9. The lowest BCUT2D eigenvalue weighted by Crippen LogP contribution is -2.61. The highest BCUT2D eigenvalue weighted by atomic mass is 16.7.